The molecule has 0 amide bonds. The molecule has 0 aliphatic carbocycles. The zero-order valence-corrected chi connectivity index (χ0v) is 6.56. The van der Waals surface area contributed by atoms with Gasteiger partial charge in [0.05, 0.1) is 6.61 Å². The first-order valence-corrected chi connectivity index (χ1v) is 3.93. The van der Waals surface area contributed by atoms with Gasteiger partial charge in [-0.05, 0) is 12.1 Å². The van der Waals surface area contributed by atoms with Crippen LogP contribution in [0.1, 0.15) is 6.42 Å². The highest BCUT2D eigenvalue weighted by Gasteiger charge is 2.22. The van der Waals surface area contributed by atoms with E-state index in [9.17, 15) is 0 Å². The van der Waals surface area contributed by atoms with Crippen LogP contribution in [0.2, 0.25) is 0 Å². The molecule has 0 spiro atoms. The van der Waals surface area contributed by atoms with Crippen LogP contribution in [0.5, 0.6) is 11.5 Å². The van der Waals surface area contributed by atoms with E-state index in [0.717, 1.165) is 11.5 Å². The van der Waals surface area contributed by atoms with Gasteiger partial charge in [-0.3, -0.25) is 0 Å². The first kappa shape index (κ1) is 7.43. The van der Waals surface area contributed by atoms with Crippen LogP contribution in [0.15, 0.2) is 24.3 Å². The maximum Gasteiger partial charge on any atom is 0.243 e. The minimum absolute atomic E-state index is 0.0820. The van der Waals surface area contributed by atoms with Gasteiger partial charge in [0, 0.05) is 6.42 Å². The molecule has 0 bridgehead atoms. The molecule has 1 aliphatic heterocycles. The van der Waals surface area contributed by atoms with Crippen LogP contribution in [0.3, 0.4) is 0 Å². The standard InChI is InChI=1S/C9H10O3/c10-6-5-9-11-7-3-1-2-4-8(7)12-9/h1-4,9-10H,5-6H2. The van der Waals surface area contributed by atoms with Crippen molar-refractivity contribution < 1.29 is 14.6 Å². The van der Waals surface area contributed by atoms with Crippen molar-refractivity contribution in [2.24, 2.45) is 0 Å². The minimum atomic E-state index is -0.313. The highest BCUT2D eigenvalue weighted by Crippen LogP contribution is 2.34. The number of fused-ring (bicyclic) bond motifs is 1. The Balaban J connectivity index is 2.11. The number of para-hydroxylation sites is 2. The summed E-state index contributed by atoms with van der Waals surface area (Å²) in [6, 6.07) is 7.49. The molecule has 1 heterocycles. The molecule has 2 rings (SSSR count). The number of ether oxygens (including phenoxy) is 2. The van der Waals surface area contributed by atoms with Crippen LogP contribution < -0.4 is 9.47 Å². The Hall–Kier alpha value is -1.22. The summed E-state index contributed by atoms with van der Waals surface area (Å²) in [5.74, 6) is 1.52. The van der Waals surface area contributed by atoms with Crippen LogP contribution >= 0.6 is 0 Å². The molecule has 64 valence electrons. The van der Waals surface area contributed by atoms with E-state index in [0.29, 0.717) is 6.42 Å². The Morgan fingerprint density at radius 1 is 1.17 bits per heavy atom. The molecule has 3 heteroatoms. The monoisotopic (exact) mass is 166 g/mol. The van der Waals surface area contributed by atoms with Crippen molar-refractivity contribution in [2.75, 3.05) is 6.61 Å². The molecule has 1 aliphatic rings. The summed E-state index contributed by atoms with van der Waals surface area (Å²) in [4.78, 5) is 0. The number of benzene rings is 1. The molecule has 1 aromatic carbocycles. The van der Waals surface area contributed by atoms with Crippen molar-refractivity contribution in [3.05, 3.63) is 24.3 Å². The lowest BCUT2D eigenvalue weighted by Crippen LogP contribution is -2.19. The van der Waals surface area contributed by atoms with E-state index >= 15 is 0 Å². The molecule has 3 nitrogen and oxygen atoms in total. The van der Waals surface area contributed by atoms with Gasteiger partial charge in [-0.1, -0.05) is 12.1 Å². The second-order valence-electron chi connectivity index (χ2n) is 2.62. The quantitative estimate of drug-likeness (QED) is 0.716. The molecule has 0 unspecified atom stereocenters. The first-order chi connectivity index (χ1) is 5.90. The SMILES string of the molecule is OCCC1Oc2ccccc2O1. The van der Waals surface area contributed by atoms with Crippen LogP contribution in [0, 0.1) is 0 Å². The van der Waals surface area contributed by atoms with Gasteiger partial charge in [-0.25, -0.2) is 0 Å². The predicted octanol–water partition coefficient (Wildman–Crippen LogP) is 1.17. The molecule has 0 fully saturated rings. The smallest absolute Gasteiger partial charge is 0.243 e. The Morgan fingerprint density at radius 3 is 2.25 bits per heavy atom. The van der Waals surface area contributed by atoms with Crippen LogP contribution in [-0.2, 0) is 0 Å². The van der Waals surface area contributed by atoms with E-state index in [2.05, 4.69) is 0 Å². The molecule has 0 atom stereocenters. The van der Waals surface area contributed by atoms with Crippen LogP contribution in [0.4, 0.5) is 0 Å². The summed E-state index contributed by atoms with van der Waals surface area (Å²) in [5.41, 5.74) is 0. The highest BCUT2D eigenvalue weighted by molar-refractivity contribution is 5.41. The van der Waals surface area contributed by atoms with E-state index in [-0.39, 0.29) is 12.9 Å². The van der Waals surface area contributed by atoms with E-state index in [1.54, 1.807) is 0 Å². The highest BCUT2D eigenvalue weighted by atomic mass is 16.7. The molecule has 0 saturated carbocycles. The third-order valence-electron chi connectivity index (χ3n) is 1.73. The van der Waals surface area contributed by atoms with Gasteiger partial charge >= 0.3 is 0 Å². The molecule has 0 saturated heterocycles. The molecular formula is C9H10O3. The van der Waals surface area contributed by atoms with Crippen molar-refractivity contribution in [3.63, 3.8) is 0 Å². The third kappa shape index (κ3) is 1.23. The second-order valence-corrected chi connectivity index (χ2v) is 2.62. The fraction of sp³-hybridized carbons (Fsp3) is 0.333. The number of rotatable bonds is 2. The molecule has 0 aromatic heterocycles. The molecule has 0 radical (unpaired) electrons. The Morgan fingerprint density at radius 2 is 1.75 bits per heavy atom. The fourth-order valence-corrected chi connectivity index (χ4v) is 1.18. The third-order valence-corrected chi connectivity index (χ3v) is 1.73. The van der Waals surface area contributed by atoms with Crippen molar-refractivity contribution in [3.8, 4) is 11.5 Å². The van der Waals surface area contributed by atoms with Crippen LogP contribution in [-0.4, -0.2) is 18.0 Å². The van der Waals surface area contributed by atoms with E-state index in [4.69, 9.17) is 14.6 Å². The van der Waals surface area contributed by atoms with Gasteiger partial charge in [0.15, 0.2) is 11.5 Å². The summed E-state index contributed by atoms with van der Waals surface area (Å²) >= 11 is 0. The molecule has 1 N–H and O–H groups in total. The van der Waals surface area contributed by atoms with Gasteiger partial charge in [-0.15, -0.1) is 0 Å². The zero-order valence-electron chi connectivity index (χ0n) is 6.56. The fourth-order valence-electron chi connectivity index (χ4n) is 1.18. The van der Waals surface area contributed by atoms with Gasteiger partial charge < -0.3 is 14.6 Å². The minimum Gasteiger partial charge on any atom is -0.451 e. The number of aliphatic hydroxyl groups is 1. The first-order valence-electron chi connectivity index (χ1n) is 3.93. The summed E-state index contributed by atoms with van der Waals surface area (Å²) in [5, 5.41) is 8.65. The van der Waals surface area contributed by atoms with E-state index in [1.807, 2.05) is 24.3 Å². The lowest BCUT2D eigenvalue weighted by atomic mass is 10.3. The Bertz CT molecular complexity index is 247. The maximum absolute atomic E-state index is 8.65. The summed E-state index contributed by atoms with van der Waals surface area (Å²) < 4.78 is 10.7. The average molecular weight is 166 g/mol. The Kier molecular flexibility index (Phi) is 1.87. The predicted molar refractivity (Wildman–Crippen MR) is 43.2 cm³/mol. The zero-order chi connectivity index (χ0) is 8.39. The van der Waals surface area contributed by atoms with E-state index in [1.165, 1.54) is 0 Å². The number of aliphatic hydroxyl groups excluding tert-OH is 1. The van der Waals surface area contributed by atoms with Crippen molar-refractivity contribution >= 4 is 0 Å². The number of hydrogen-bond donors (Lipinski definition) is 1. The lowest BCUT2D eigenvalue weighted by molar-refractivity contribution is 0.0271. The van der Waals surface area contributed by atoms with Gasteiger partial charge in [-0.2, -0.15) is 0 Å². The van der Waals surface area contributed by atoms with Crippen molar-refractivity contribution in [1.29, 1.82) is 0 Å². The molecule has 1 aromatic rings. The maximum atomic E-state index is 8.65. The average Bonchev–Trinajstić information content (AvgIpc) is 2.47. The van der Waals surface area contributed by atoms with Gasteiger partial charge in [0.1, 0.15) is 0 Å². The van der Waals surface area contributed by atoms with Gasteiger partial charge in [0.25, 0.3) is 0 Å². The largest absolute Gasteiger partial charge is 0.451 e. The van der Waals surface area contributed by atoms with Crippen LogP contribution in [0.25, 0.3) is 0 Å². The topological polar surface area (TPSA) is 38.7 Å². The molecule has 12 heavy (non-hydrogen) atoms. The summed E-state index contributed by atoms with van der Waals surface area (Å²) in [6.07, 6.45) is 0.196. The van der Waals surface area contributed by atoms with Gasteiger partial charge in [0.2, 0.25) is 6.29 Å². The summed E-state index contributed by atoms with van der Waals surface area (Å²) in [6.45, 7) is 0.0820. The number of hydrogen-bond acceptors (Lipinski definition) is 3. The normalized spacial score (nSPS) is 15.1. The molecular weight excluding hydrogens is 156 g/mol. The van der Waals surface area contributed by atoms with Crippen molar-refractivity contribution in [1.82, 2.24) is 0 Å². The lowest BCUT2D eigenvalue weighted by Gasteiger charge is -2.06. The van der Waals surface area contributed by atoms with E-state index < -0.39 is 0 Å². The summed E-state index contributed by atoms with van der Waals surface area (Å²) in [7, 11) is 0. The Labute approximate surface area is 70.5 Å². The van der Waals surface area contributed by atoms with Crippen molar-refractivity contribution in [2.45, 2.75) is 12.7 Å². The second kappa shape index (κ2) is 3.03.